The number of thiophene rings is 1. The van der Waals surface area contributed by atoms with Crippen molar-refractivity contribution < 1.29 is 13.6 Å². The van der Waals surface area contributed by atoms with Crippen molar-refractivity contribution in [3.05, 3.63) is 51.2 Å². The predicted molar refractivity (Wildman–Crippen MR) is 80.6 cm³/mol. The molecule has 0 saturated heterocycles. The lowest BCUT2D eigenvalue weighted by atomic mass is 10.1. The fraction of sp³-hybridized carbons (Fsp3) is 0.267. The Hall–Kier alpha value is -1.95. The molecule has 0 aliphatic heterocycles. The number of nitrogens with one attached hydrogen (secondary N) is 1. The first kappa shape index (κ1) is 15.4. The molecule has 0 aliphatic rings. The van der Waals surface area contributed by atoms with Crippen LogP contribution in [0.3, 0.4) is 0 Å². The van der Waals surface area contributed by atoms with Gasteiger partial charge >= 0.3 is 0 Å². The van der Waals surface area contributed by atoms with E-state index < -0.39 is 17.5 Å². The van der Waals surface area contributed by atoms with Crippen molar-refractivity contribution in [3.63, 3.8) is 0 Å². The number of benzene rings is 1. The SMILES string of the molecule is CCc1ccc(C(C)Nc2cc(C(N)=O)c(F)cc2F)s1. The molecule has 0 radical (unpaired) electrons. The number of carbonyl (C=O) groups excluding carboxylic acids is 1. The van der Waals surface area contributed by atoms with Crippen molar-refractivity contribution in [2.45, 2.75) is 26.3 Å². The smallest absolute Gasteiger partial charge is 0.251 e. The first-order valence-electron chi connectivity index (χ1n) is 6.56. The van der Waals surface area contributed by atoms with Gasteiger partial charge in [-0.2, -0.15) is 0 Å². The van der Waals surface area contributed by atoms with Crippen molar-refractivity contribution in [1.29, 1.82) is 0 Å². The molecule has 2 aromatic rings. The summed E-state index contributed by atoms with van der Waals surface area (Å²) in [5, 5.41) is 2.95. The maximum Gasteiger partial charge on any atom is 0.251 e. The molecule has 1 atom stereocenters. The molecule has 0 spiro atoms. The van der Waals surface area contributed by atoms with Crippen LogP contribution < -0.4 is 11.1 Å². The first-order valence-corrected chi connectivity index (χ1v) is 7.38. The van der Waals surface area contributed by atoms with Crippen LogP contribution in [0.1, 0.15) is 40.0 Å². The average Bonchev–Trinajstić information content (AvgIpc) is 2.90. The summed E-state index contributed by atoms with van der Waals surface area (Å²) in [5.74, 6) is -2.63. The lowest BCUT2D eigenvalue weighted by Crippen LogP contribution is -2.15. The number of amides is 1. The van der Waals surface area contributed by atoms with Crippen molar-refractivity contribution in [1.82, 2.24) is 0 Å². The summed E-state index contributed by atoms with van der Waals surface area (Å²) < 4.78 is 27.2. The van der Waals surface area contributed by atoms with E-state index in [4.69, 9.17) is 5.73 Å². The highest BCUT2D eigenvalue weighted by Gasteiger charge is 2.16. The molecule has 1 unspecified atom stereocenters. The molecule has 1 amide bonds. The standard InChI is InChI=1S/C15H16F2N2OS/c1-3-9-4-5-14(21-9)8(2)19-13-6-10(15(18)20)11(16)7-12(13)17/h4-8,19H,3H2,1-2H3,(H2,18,20). The number of halogens is 2. The largest absolute Gasteiger partial charge is 0.375 e. The van der Waals surface area contributed by atoms with Gasteiger partial charge < -0.3 is 11.1 Å². The highest BCUT2D eigenvalue weighted by atomic mass is 32.1. The quantitative estimate of drug-likeness (QED) is 0.881. The summed E-state index contributed by atoms with van der Waals surface area (Å²) in [4.78, 5) is 13.4. The van der Waals surface area contributed by atoms with E-state index in [1.807, 2.05) is 19.1 Å². The van der Waals surface area contributed by atoms with Crippen LogP contribution in [-0.2, 0) is 6.42 Å². The van der Waals surface area contributed by atoms with E-state index in [0.717, 1.165) is 17.4 Å². The molecule has 112 valence electrons. The Balaban J connectivity index is 2.26. The van der Waals surface area contributed by atoms with Crippen LogP contribution in [0.4, 0.5) is 14.5 Å². The first-order chi connectivity index (χ1) is 9.92. The van der Waals surface area contributed by atoms with Gasteiger partial charge in [0.25, 0.3) is 5.91 Å². The van der Waals surface area contributed by atoms with Crippen LogP contribution in [0.15, 0.2) is 24.3 Å². The Morgan fingerprint density at radius 3 is 2.62 bits per heavy atom. The maximum atomic E-state index is 13.8. The minimum Gasteiger partial charge on any atom is -0.375 e. The molecular weight excluding hydrogens is 294 g/mol. The second kappa shape index (κ2) is 6.22. The summed E-state index contributed by atoms with van der Waals surface area (Å²) in [6.45, 7) is 3.94. The number of nitrogens with two attached hydrogens (primary N) is 1. The van der Waals surface area contributed by atoms with Gasteiger partial charge in [0.15, 0.2) is 0 Å². The van der Waals surface area contributed by atoms with E-state index >= 15 is 0 Å². The van der Waals surface area contributed by atoms with Gasteiger partial charge in [-0.15, -0.1) is 11.3 Å². The number of primary amides is 1. The molecule has 1 aromatic carbocycles. The number of rotatable bonds is 5. The van der Waals surface area contributed by atoms with Crippen molar-refractivity contribution in [2.24, 2.45) is 5.73 Å². The number of hydrogen-bond donors (Lipinski definition) is 2. The van der Waals surface area contributed by atoms with Gasteiger partial charge in [0, 0.05) is 15.8 Å². The fourth-order valence-corrected chi connectivity index (χ4v) is 2.92. The summed E-state index contributed by atoms with van der Waals surface area (Å²) in [5.41, 5.74) is 4.80. The number of aryl methyl sites for hydroxylation is 1. The molecule has 0 bridgehead atoms. The third-order valence-corrected chi connectivity index (χ3v) is 4.56. The Bertz CT molecular complexity index is 670. The second-order valence-electron chi connectivity index (χ2n) is 4.70. The fourth-order valence-electron chi connectivity index (χ4n) is 1.97. The Morgan fingerprint density at radius 1 is 1.33 bits per heavy atom. The van der Waals surface area contributed by atoms with Crippen LogP contribution in [0.25, 0.3) is 0 Å². The summed E-state index contributed by atoms with van der Waals surface area (Å²) in [6, 6.07) is 5.61. The minimum atomic E-state index is -0.956. The molecule has 6 heteroatoms. The van der Waals surface area contributed by atoms with Crippen molar-refractivity contribution in [2.75, 3.05) is 5.32 Å². The third-order valence-electron chi connectivity index (χ3n) is 3.15. The molecule has 0 aliphatic carbocycles. The van der Waals surface area contributed by atoms with Crippen LogP contribution in [0.2, 0.25) is 0 Å². The molecule has 1 heterocycles. The zero-order chi connectivity index (χ0) is 15.6. The Morgan fingerprint density at radius 2 is 2.05 bits per heavy atom. The van der Waals surface area contributed by atoms with Crippen LogP contribution in [0.5, 0.6) is 0 Å². The second-order valence-corrected chi connectivity index (χ2v) is 5.90. The summed E-state index contributed by atoms with van der Waals surface area (Å²) in [7, 11) is 0. The average molecular weight is 310 g/mol. The number of hydrogen-bond acceptors (Lipinski definition) is 3. The Kier molecular flexibility index (Phi) is 4.57. The van der Waals surface area contributed by atoms with Gasteiger partial charge in [-0.05, 0) is 31.5 Å². The Labute approximate surface area is 125 Å². The van der Waals surface area contributed by atoms with Gasteiger partial charge in [-0.25, -0.2) is 8.78 Å². The number of anilines is 1. The van der Waals surface area contributed by atoms with Crippen molar-refractivity contribution >= 4 is 22.9 Å². The van der Waals surface area contributed by atoms with Gasteiger partial charge in [0.1, 0.15) is 11.6 Å². The highest BCUT2D eigenvalue weighted by Crippen LogP contribution is 2.28. The highest BCUT2D eigenvalue weighted by molar-refractivity contribution is 7.12. The van der Waals surface area contributed by atoms with Gasteiger partial charge in [0.2, 0.25) is 0 Å². The van der Waals surface area contributed by atoms with E-state index in [9.17, 15) is 13.6 Å². The van der Waals surface area contributed by atoms with E-state index in [1.165, 1.54) is 4.88 Å². The molecule has 1 aromatic heterocycles. The molecule has 3 N–H and O–H groups in total. The zero-order valence-corrected chi connectivity index (χ0v) is 12.6. The predicted octanol–water partition coefficient (Wildman–Crippen LogP) is 3.86. The topological polar surface area (TPSA) is 55.1 Å². The molecular formula is C15H16F2N2OS. The normalized spacial score (nSPS) is 12.2. The monoisotopic (exact) mass is 310 g/mol. The van der Waals surface area contributed by atoms with Crippen molar-refractivity contribution in [3.8, 4) is 0 Å². The van der Waals surface area contributed by atoms with Gasteiger partial charge in [-0.1, -0.05) is 6.92 Å². The third kappa shape index (κ3) is 3.39. The van der Waals surface area contributed by atoms with Crippen LogP contribution in [0, 0.1) is 11.6 Å². The van der Waals surface area contributed by atoms with E-state index in [1.54, 1.807) is 11.3 Å². The lowest BCUT2D eigenvalue weighted by Gasteiger charge is -2.15. The molecule has 21 heavy (non-hydrogen) atoms. The van der Waals surface area contributed by atoms with E-state index in [2.05, 4.69) is 12.2 Å². The number of carbonyl (C=O) groups is 1. The maximum absolute atomic E-state index is 13.8. The summed E-state index contributed by atoms with van der Waals surface area (Å²) >= 11 is 1.63. The van der Waals surface area contributed by atoms with Crippen LogP contribution >= 0.6 is 11.3 Å². The zero-order valence-electron chi connectivity index (χ0n) is 11.7. The molecule has 3 nitrogen and oxygen atoms in total. The van der Waals surface area contributed by atoms with Crippen LogP contribution in [-0.4, -0.2) is 5.91 Å². The summed E-state index contributed by atoms with van der Waals surface area (Å²) in [6.07, 6.45) is 0.939. The molecule has 2 rings (SSSR count). The minimum absolute atomic E-state index is 0.0594. The van der Waals surface area contributed by atoms with E-state index in [0.29, 0.717) is 6.07 Å². The molecule has 0 fully saturated rings. The van der Waals surface area contributed by atoms with E-state index in [-0.39, 0.29) is 17.3 Å². The van der Waals surface area contributed by atoms with Gasteiger partial charge in [0.05, 0.1) is 17.3 Å². The lowest BCUT2D eigenvalue weighted by molar-refractivity contribution is 0.0996. The van der Waals surface area contributed by atoms with Gasteiger partial charge in [-0.3, -0.25) is 4.79 Å². The molecule has 0 saturated carbocycles.